The number of carbonyl (C=O) groups is 2. The third kappa shape index (κ3) is 2.47. The van der Waals surface area contributed by atoms with Crippen LogP contribution in [-0.4, -0.2) is 24.8 Å². The fourth-order valence-electron chi connectivity index (χ4n) is 1.85. The zero-order valence-electron chi connectivity index (χ0n) is 10.3. The van der Waals surface area contributed by atoms with Crippen molar-refractivity contribution in [1.29, 1.82) is 0 Å². The summed E-state index contributed by atoms with van der Waals surface area (Å²) in [4.78, 5) is 21.6. The van der Waals surface area contributed by atoms with Crippen LogP contribution in [0.1, 0.15) is 20.7 Å². The van der Waals surface area contributed by atoms with E-state index in [9.17, 15) is 14.7 Å². The van der Waals surface area contributed by atoms with Crippen molar-refractivity contribution in [1.82, 2.24) is 0 Å². The van der Waals surface area contributed by atoms with Gasteiger partial charge in [-0.25, -0.2) is 0 Å². The molecule has 0 fully saturated rings. The standard InChI is InChI=1S/C15H12O4/c1-19-15-5-3-11(9-17)7-13(15)12-6-10(8-16)2-4-14(12)18/h2-9,18H,1H3. The molecule has 0 saturated carbocycles. The maximum atomic E-state index is 10.8. The van der Waals surface area contributed by atoms with Gasteiger partial charge in [-0.1, -0.05) is 0 Å². The van der Waals surface area contributed by atoms with Gasteiger partial charge in [-0.2, -0.15) is 0 Å². The van der Waals surface area contributed by atoms with Crippen LogP contribution in [0.3, 0.4) is 0 Å². The lowest BCUT2D eigenvalue weighted by atomic mass is 9.99. The van der Waals surface area contributed by atoms with E-state index < -0.39 is 0 Å². The number of aromatic hydroxyl groups is 1. The first-order valence-electron chi connectivity index (χ1n) is 5.61. The Morgan fingerprint density at radius 3 is 2.11 bits per heavy atom. The van der Waals surface area contributed by atoms with Crippen LogP contribution in [-0.2, 0) is 0 Å². The molecule has 0 unspecified atom stereocenters. The van der Waals surface area contributed by atoms with Crippen LogP contribution in [0.15, 0.2) is 36.4 Å². The Labute approximate surface area is 110 Å². The van der Waals surface area contributed by atoms with Gasteiger partial charge < -0.3 is 9.84 Å². The second kappa shape index (κ2) is 5.35. The maximum absolute atomic E-state index is 10.8. The molecule has 0 heterocycles. The number of hydrogen-bond donors (Lipinski definition) is 1. The Balaban J connectivity index is 2.68. The Bertz CT molecular complexity index is 632. The predicted octanol–water partition coefficient (Wildman–Crippen LogP) is 2.69. The van der Waals surface area contributed by atoms with Crippen LogP contribution >= 0.6 is 0 Å². The zero-order valence-corrected chi connectivity index (χ0v) is 10.3. The zero-order chi connectivity index (χ0) is 13.8. The normalized spacial score (nSPS) is 9.95. The summed E-state index contributed by atoms with van der Waals surface area (Å²) >= 11 is 0. The highest BCUT2D eigenvalue weighted by atomic mass is 16.5. The number of hydrogen-bond acceptors (Lipinski definition) is 4. The fraction of sp³-hybridized carbons (Fsp3) is 0.0667. The molecule has 2 rings (SSSR count). The van der Waals surface area contributed by atoms with E-state index in [1.807, 2.05) is 0 Å². The molecular weight excluding hydrogens is 244 g/mol. The Morgan fingerprint density at radius 1 is 0.947 bits per heavy atom. The van der Waals surface area contributed by atoms with E-state index in [0.29, 0.717) is 40.6 Å². The van der Waals surface area contributed by atoms with Crippen LogP contribution in [0, 0.1) is 0 Å². The van der Waals surface area contributed by atoms with Crippen molar-refractivity contribution in [3.63, 3.8) is 0 Å². The van der Waals surface area contributed by atoms with Gasteiger partial charge in [0.2, 0.25) is 0 Å². The summed E-state index contributed by atoms with van der Waals surface area (Å²) in [5.74, 6) is 0.538. The SMILES string of the molecule is COc1ccc(C=O)cc1-c1cc(C=O)ccc1O. The minimum absolute atomic E-state index is 0.0203. The molecule has 4 nitrogen and oxygen atoms in total. The van der Waals surface area contributed by atoms with E-state index in [1.54, 1.807) is 24.3 Å². The fourth-order valence-corrected chi connectivity index (χ4v) is 1.85. The number of benzene rings is 2. The minimum atomic E-state index is 0.0203. The number of phenols is 1. The van der Waals surface area contributed by atoms with E-state index in [1.165, 1.54) is 19.2 Å². The molecule has 2 aromatic rings. The lowest BCUT2D eigenvalue weighted by molar-refractivity contribution is 0.111. The highest BCUT2D eigenvalue weighted by Crippen LogP contribution is 2.36. The van der Waals surface area contributed by atoms with Gasteiger partial charge in [-0.15, -0.1) is 0 Å². The number of methoxy groups -OCH3 is 1. The summed E-state index contributed by atoms with van der Waals surface area (Å²) in [5, 5.41) is 9.91. The molecule has 0 aliphatic rings. The van der Waals surface area contributed by atoms with Gasteiger partial charge in [-0.05, 0) is 36.4 Å². The average Bonchev–Trinajstić information content (AvgIpc) is 2.47. The smallest absolute Gasteiger partial charge is 0.150 e. The third-order valence-electron chi connectivity index (χ3n) is 2.81. The Hall–Kier alpha value is -2.62. The summed E-state index contributed by atoms with van der Waals surface area (Å²) in [6.07, 6.45) is 1.41. The maximum Gasteiger partial charge on any atom is 0.150 e. The second-order valence-electron chi connectivity index (χ2n) is 3.97. The van der Waals surface area contributed by atoms with Crippen LogP contribution in [0.2, 0.25) is 0 Å². The largest absolute Gasteiger partial charge is 0.507 e. The van der Waals surface area contributed by atoms with Crippen LogP contribution in [0.25, 0.3) is 11.1 Å². The van der Waals surface area contributed by atoms with Crippen molar-refractivity contribution in [2.24, 2.45) is 0 Å². The van der Waals surface area contributed by atoms with E-state index in [0.717, 1.165) is 0 Å². The van der Waals surface area contributed by atoms with Crippen LogP contribution in [0.5, 0.6) is 11.5 Å². The number of aldehydes is 2. The van der Waals surface area contributed by atoms with Crippen molar-refractivity contribution < 1.29 is 19.4 Å². The number of phenolic OH excluding ortho intramolecular Hbond substituents is 1. The van der Waals surface area contributed by atoms with E-state index in [-0.39, 0.29) is 5.75 Å². The summed E-state index contributed by atoms with van der Waals surface area (Å²) in [6.45, 7) is 0. The van der Waals surface area contributed by atoms with Gasteiger partial charge in [-0.3, -0.25) is 9.59 Å². The predicted molar refractivity (Wildman–Crippen MR) is 70.9 cm³/mol. The summed E-state index contributed by atoms with van der Waals surface area (Å²) in [6, 6.07) is 9.38. The molecule has 96 valence electrons. The molecular formula is C15H12O4. The molecule has 19 heavy (non-hydrogen) atoms. The number of ether oxygens (including phenoxy) is 1. The first-order valence-corrected chi connectivity index (χ1v) is 5.61. The first kappa shape index (κ1) is 12.8. The summed E-state index contributed by atoms with van der Waals surface area (Å²) < 4.78 is 5.21. The summed E-state index contributed by atoms with van der Waals surface area (Å²) in [7, 11) is 1.50. The van der Waals surface area contributed by atoms with E-state index in [2.05, 4.69) is 0 Å². The van der Waals surface area contributed by atoms with Gasteiger partial charge >= 0.3 is 0 Å². The molecule has 0 radical (unpaired) electrons. The molecule has 0 saturated heterocycles. The van der Waals surface area contributed by atoms with Crippen molar-refractivity contribution in [2.75, 3.05) is 7.11 Å². The molecule has 0 aliphatic heterocycles. The monoisotopic (exact) mass is 256 g/mol. The van der Waals surface area contributed by atoms with Crippen molar-refractivity contribution in [3.05, 3.63) is 47.5 Å². The van der Waals surface area contributed by atoms with Crippen molar-refractivity contribution >= 4 is 12.6 Å². The molecule has 4 heteroatoms. The third-order valence-corrected chi connectivity index (χ3v) is 2.81. The molecule has 2 aromatic carbocycles. The number of rotatable bonds is 4. The van der Waals surface area contributed by atoms with Crippen molar-refractivity contribution in [2.45, 2.75) is 0 Å². The highest BCUT2D eigenvalue weighted by molar-refractivity contribution is 5.86. The molecule has 0 aromatic heterocycles. The lowest BCUT2D eigenvalue weighted by Gasteiger charge is -2.11. The molecule has 0 aliphatic carbocycles. The van der Waals surface area contributed by atoms with E-state index >= 15 is 0 Å². The van der Waals surface area contributed by atoms with Gasteiger partial charge in [0.15, 0.2) is 0 Å². The molecule has 0 spiro atoms. The van der Waals surface area contributed by atoms with Crippen molar-refractivity contribution in [3.8, 4) is 22.6 Å². The van der Waals surface area contributed by atoms with Gasteiger partial charge in [0.05, 0.1) is 7.11 Å². The van der Waals surface area contributed by atoms with E-state index in [4.69, 9.17) is 4.74 Å². The average molecular weight is 256 g/mol. The molecule has 0 amide bonds. The van der Waals surface area contributed by atoms with Gasteiger partial charge in [0.25, 0.3) is 0 Å². The van der Waals surface area contributed by atoms with Crippen LogP contribution < -0.4 is 4.74 Å². The molecule has 0 atom stereocenters. The Kier molecular flexibility index (Phi) is 3.61. The Morgan fingerprint density at radius 2 is 1.53 bits per heavy atom. The highest BCUT2D eigenvalue weighted by Gasteiger charge is 2.12. The first-order chi connectivity index (χ1) is 9.19. The lowest BCUT2D eigenvalue weighted by Crippen LogP contribution is -1.92. The summed E-state index contributed by atoms with van der Waals surface area (Å²) in [5.41, 5.74) is 1.91. The number of carbonyl (C=O) groups excluding carboxylic acids is 2. The second-order valence-corrected chi connectivity index (χ2v) is 3.97. The van der Waals surface area contributed by atoms with Crippen LogP contribution in [0.4, 0.5) is 0 Å². The minimum Gasteiger partial charge on any atom is -0.507 e. The molecule has 1 N–H and O–H groups in total. The topological polar surface area (TPSA) is 63.6 Å². The van der Waals surface area contributed by atoms with Gasteiger partial charge in [0, 0.05) is 22.3 Å². The van der Waals surface area contributed by atoms with Gasteiger partial charge in [0.1, 0.15) is 24.1 Å². The molecule has 0 bridgehead atoms. The quantitative estimate of drug-likeness (QED) is 0.854.